The molecule has 0 fully saturated rings. The highest BCUT2D eigenvalue weighted by atomic mass is 35.5. The second kappa shape index (κ2) is 5.23. The number of hydrogen-bond donors (Lipinski definition) is 0. The summed E-state index contributed by atoms with van der Waals surface area (Å²) in [6.45, 7) is 1.80. The van der Waals surface area contributed by atoms with Crippen LogP contribution in [0.1, 0.15) is 17.3 Å². The Kier molecular flexibility index (Phi) is 3.66. The van der Waals surface area contributed by atoms with Crippen molar-refractivity contribution in [1.82, 2.24) is 14.7 Å². The Hall–Kier alpha value is -2.15. The van der Waals surface area contributed by atoms with Crippen LogP contribution in [0.3, 0.4) is 0 Å². The highest BCUT2D eigenvalue weighted by Gasteiger charge is 2.19. The predicted molar refractivity (Wildman–Crippen MR) is 67.3 cm³/mol. The third-order valence-electron chi connectivity index (χ3n) is 2.39. The van der Waals surface area contributed by atoms with Gasteiger partial charge in [-0.15, -0.1) is 4.73 Å². The number of ether oxygens (including phenoxy) is 1. The summed E-state index contributed by atoms with van der Waals surface area (Å²) in [6.07, 6.45) is 1.20. The zero-order valence-electron chi connectivity index (χ0n) is 10.2. The number of pyridine rings is 1. The third kappa shape index (κ3) is 2.24. The highest BCUT2D eigenvalue weighted by Crippen LogP contribution is 2.18. The summed E-state index contributed by atoms with van der Waals surface area (Å²) in [7, 11) is 1.28. The molecule has 0 aromatic carbocycles. The minimum atomic E-state index is -0.750. The molecular weight excluding hydrogens is 274 g/mol. The van der Waals surface area contributed by atoms with Crippen LogP contribution < -0.4 is 10.4 Å². The lowest BCUT2D eigenvalue weighted by Gasteiger charge is -2.09. The SMILES string of the molecule is CCOC(=O)c1cc2c(Cl)ncnc2n(OC)c1=O. The van der Waals surface area contributed by atoms with E-state index in [0.29, 0.717) is 5.39 Å². The summed E-state index contributed by atoms with van der Waals surface area (Å²) in [5.41, 5.74) is -0.670. The van der Waals surface area contributed by atoms with Crippen molar-refractivity contribution in [1.29, 1.82) is 0 Å². The fourth-order valence-electron chi connectivity index (χ4n) is 1.59. The highest BCUT2D eigenvalue weighted by molar-refractivity contribution is 6.34. The summed E-state index contributed by atoms with van der Waals surface area (Å²) < 4.78 is 5.68. The maximum absolute atomic E-state index is 12.1. The first-order valence-electron chi connectivity index (χ1n) is 5.38. The number of esters is 1. The number of aromatic nitrogens is 3. The van der Waals surface area contributed by atoms with Crippen molar-refractivity contribution in [2.45, 2.75) is 6.92 Å². The van der Waals surface area contributed by atoms with Crippen LogP contribution in [-0.4, -0.2) is 34.4 Å². The number of carbonyl (C=O) groups excluding carboxylic acids is 1. The number of rotatable bonds is 3. The van der Waals surface area contributed by atoms with Crippen molar-refractivity contribution >= 4 is 28.6 Å². The fraction of sp³-hybridized carbons (Fsp3) is 0.273. The van der Waals surface area contributed by atoms with Gasteiger partial charge in [0.05, 0.1) is 12.0 Å². The molecule has 8 heteroatoms. The van der Waals surface area contributed by atoms with Gasteiger partial charge < -0.3 is 9.57 Å². The Balaban J connectivity index is 2.80. The van der Waals surface area contributed by atoms with Gasteiger partial charge in [0.15, 0.2) is 5.65 Å². The Labute approximate surface area is 112 Å². The largest absolute Gasteiger partial charge is 0.462 e. The van der Waals surface area contributed by atoms with Crippen LogP contribution >= 0.6 is 11.6 Å². The first kappa shape index (κ1) is 13.3. The van der Waals surface area contributed by atoms with E-state index >= 15 is 0 Å². The second-order valence-electron chi connectivity index (χ2n) is 3.46. The van der Waals surface area contributed by atoms with E-state index in [9.17, 15) is 9.59 Å². The molecule has 0 saturated carbocycles. The van der Waals surface area contributed by atoms with Crippen molar-refractivity contribution in [3.05, 3.63) is 33.5 Å². The molecule has 19 heavy (non-hydrogen) atoms. The van der Waals surface area contributed by atoms with Crippen molar-refractivity contribution in [3.8, 4) is 0 Å². The summed E-state index contributed by atoms with van der Waals surface area (Å²) in [5, 5.41) is 0.440. The van der Waals surface area contributed by atoms with E-state index in [1.54, 1.807) is 6.92 Å². The van der Waals surface area contributed by atoms with Gasteiger partial charge in [0.25, 0.3) is 5.56 Å². The van der Waals surface area contributed by atoms with Crippen LogP contribution in [0.2, 0.25) is 5.15 Å². The smallest absolute Gasteiger partial charge is 0.343 e. The van der Waals surface area contributed by atoms with E-state index in [4.69, 9.17) is 21.2 Å². The molecular formula is C11H10ClN3O4. The van der Waals surface area contributed by atoms with Crippen molar-refractivity contribution < 1.29 is 14.4 Å². The molecule has 0 bridgehead atoms. The summed E-state index contributed by atoms with van der Waals surface area (Å²) in [5.74, 6) is -0.750. The summed E-state index contributed by atoms with van der Waals surface area (Å²) >= 11 is 5.92. The maximum Gasteiger partial charge on any atom is 0.343 e. The summed E-state index contributed by atoms with van der Waals surface area (Å²) in [6, 6.07) is 1.30. The summed E-state index contributed by atoms with van der Waals surface area (Å²) in [4.78, 5) is 36.4. The standard InChI is InChI=1S/C11H10ClN3O4/c1-3-19-11(17)7-4-6-8(12)13-5-14-9(6)15(18-2)10(7)16/h4-5H,3H2,1-2H3. The molecule has 0 aliphatic heterocycles. The molecule has 2 aromatic heterocycles. The van der Waals surface area contributed by atoms with Crippen LogP contribution in [0, 0.1) is 0 Å². The van der Waals surface area contributed by atoms with Gasteiger partial charge in [0, 0.05) is 0 Å². The van der Waals surface area contributed by atoms with Crippen LogP contribution in [0.4, 0.5) is 0 Å². The van der Waals surface area contributed by atoms with Gasteiger partial charge in [-0.25, -0.2) is 14.8 Å². The van der Waals surface area contributed by atoms with E-state index < -0.39 is 11.5 Å². The quantitative estimate of drug-likeness (QED) is 0.608. The number of nitrogens with zero attached hydrogens (tertiary/aromatic N) is 3. The normalized spacial score (nSPS) is 10.5. The number of halogens is 1. The third-order valence-corrected chi connectivity index (χ3v) is 2.69. The van der Waals surface area contributed by atoms with Gasteiger partial charge in [-0.05, 0) is 13.0 Å². The Morgan fingerprint density at radius 1 is 1.47 bits per heavy atom. The number of hydrogen-bond acceptors (Lipinski definition) is 6. The average Bonchev–Trinajstić information content (AvgIpc) is 2.39. The monoisotopic (exact) mass is 283 g/mol. The van der Waals surface area contributed by atoms with Gasteiger partial charge in [0.1, 0.15) is 24.2 Å². The molecule has 0 N–H and O–H groups in total. The topological polar surface area (TPSA) is 83.3 Å². The predicted octanol–water partition coefficient (Wildman–Crippen LogP) is 0.680. The molecule has 0 atom stereocenters. The molecule has 2 rings (SSSR count). The van der Waals surface area contributed by atoms with Crippen LogP contribution in [0.15, 0.2) is 17.2 Å². The molecule has 0 aliphatic rings. The first-order valence-corrected chi connectivity index (χ1v) is 5.75. The van der Waals surface area contributed by atoms with E-state index in [0.717, 1.165) is 4.73 Å². The van der Waals surface area contributed by atoms with Gasteiger partial charge >= 0.3 is 5.97 Å². The van der Waals surface area contributed by atoms with E-state index in [2.05, 4.69) is 9.97 Å². The minimum absolute atomic E-state index is 0.112. The van der Waals surface area contributed by atoms with Crippen LogP contribution in [-0.2, 0) is 4.74 Å². The van der Waals surface area contributed by atoms with Gasteiger partial charge in [0.2, 0.25) is 0 Å². The van der Waals surface area contributed by atoms with Gasteiger partial charge in [-0.3, -0.25) is 4.79 Å². The number of fused-ring (bicyclic) bond motifs is 1. The average molecular weight is 284 g/mol. The molecule has 0 amide bonds. The van der Waals surface area contributed by atoms with E-state index in [1.807, 2.05) is 0 Å². The van der Waals surface area contributed by atoms with Gasteiger partial charge in [-0.2, -0.15) is 0 Å². The molecule has 0 spiro atoms. The zero-order valence-corrected chi connectivity index (χ0v) is 11.0. The molecule has 7 nitrogen and oxygen atoms in total. The van der Waals surface area contributed by atoms with Crippen molar-refractivity contribution in [2.75, 3.05) is 13.7 Å². The zero-order chi connectivity index (χ0) is 14.0. The Morgan fingerprint density at radius 2 is 2.21 bits per heavy atom. The molecule has 100 valence electrons. The fourth-order valence-corrected chi connectivity index (χ4v) is 1.77. The van der Waals surface area contributed by atoms with Crippen molar-refractivity contribution in [3.63, 3.8) is 0 Å². The Bertz CT molecular complexity index is 698. The molecule has 2 aromatic rings. The second-order valence-corrected chi connectivity index (χ2v) is 3.82. The lowest BCUT2D eigenvalue weighted by atomic mass is 10.2. The first-order chi connectivity index (χ1) is 9.10. The van der Waals surface area contributed by atoms with Crippen LogP contribution in [0.5, 0.6) is 0 Å². The molecule has 0 radical (unpaired) electrons. The number of carbonyl (C=O) groups is 1. The van der Waals surface area contributed by atoms with Crippen LogP contribution in [0.25, 0.3) is 11.0 Å². The molecule has 2 heterocycles. The molecule has 0 unspecified atom stereocenters. The minimum Gasteiger partial charge on any atom is -0.462 e. The molecule has 0 aliphatic carbocycles. The maximum atomic E-state index is 12.1. The van der Waals surface area contributed by atoms with E-state index in [1.165, 1.54) is 19.5 Å². The van der Waals surface area contributed by atoms with Crippen molar-refractivity contribution in [2.24, 2.45) is 0 Å². The lowest BCUT2D eigenvalue weighted by Crippen LogP contribution is -2.31. The van der Waals surface area contributed by atoms with E-state index in [-0.39, 0.29) is 23.0 Å². The van der Waals surface area contributed by atoms with Gasteiger partial charge in [-0.1, -0.05) is 11.6 Å². The Morgan fingerprint density at radius 3 is 2.84 bits per heavy atom. The lowest BCUT2D eigenvalue weighted by molar-refractivity contribution is 0.0519. The molecule has 0 saturated heterocycles.